The van der Waals surface area contributed by atoms with Crippen LogP contribution < -0.4 is 0 Å². The van der Waals surface area contributed by atoms with Crippen LogP contribution in [-0.4, -0.2) is 11.1 Å². The van der Waals surface area contributed by atoms with Crippen molar-refractivity contribution in [3.05, 3.63) is 65.0 Å². The van der Waals surface area contributed by atoms with Crippen LogP contribution in [-0.2, 0) is 0 Å². The molecule has 0 spiro atoms. The van der Waals surface area contributed by atoms with Gasteiger partial charge in [0.05, 0.1) is 5.56 Å². The lowest BCUT2D eigenvalue weighted by atomic mass is 9.79. The van der Waals surface area contributed by atoms with Crippen molar-refractivity contribution in [3.63, 3.8) is 0 Å². The summed E-state index contributed by atoms with van der Waals surface area (Å²) in [5, 5.41) is 9.55. The van der Waals surface area contributed by atoms with Crippen LogP contribution >= 0.6 is 0 Å². The highest BCUT2D eigenvalue weighted by Gasteiger charge is 2.20. The number of halogens is 2. The Balaban J connectivity index is 1.95. The molecule has 0 atom stereocenters. The number of benzene rings is 2. The average molecular weight is 398 g/mol. The number of hydrogen-bond acceptors (Lipinski definition) is 1. The van der Waals surface area contributed by atoms with E-state index < -0.39 is 17.6 Å². The Morgan fingerprint density at radius 1 is 1.03 bits per heavy atom. The van der Waals surface area contributed by atoms with E-state index in [0.29, 0.717) is 23.5 Å². The molecule has 1 saturated carbocycles. The van der Waals surface area contributed by atoms with Crippen LogP contribution in [0.3, 0.4) is 0 Å². The van der Waals surface area contributed by atoms with Crippen molar-refractivity contribution >= 4 is 11.8 Å². The molecule has 0 aliphatic heterocycles. The van der Waals surface area contributed by atoms with E-state index in [1.54, 1.807) is 6.92 Å². The third-order valence-corrected chi connectivity index (χ3v) is 5.92. The van der Waals surface area contributed by atoms with Crippen LogP contribution in [0.2, 0.25) is 0 Å². The first kappa shape index (κ1) is 21.2. The minimum absolute atomic E-state index is 0.0244. The Bertz CT molecular complexity index is 892. The first-order valence-corrected chi connectivity index (χ1v) is 10.4. The number of carboxylic acid groups (broad SMARTS) is 1. The standard InChI is InChI=1S/C25H28F2O2/c1-3-4-23(26)24(27)20-13-14-21(25(28)29)22(15-20)19-11-9-18(10-12-19)17-7-5-16(2)6-8-17/h9-17H,3-8H2,1-2H3,(H,28,29). The molecule has 3 rings (SSSR count). The molecule has 4 heteroatoms. The third-order valence-electron chi connectivity index (χ3n) is 5.92. The number of carbonyl (C=O) groups is 1. The topological polar surface area (TPSA) is 37.3 Å². The van der Waals surface area contributed by atoms with Gasteiger partial charge in [0.1, 0.15) is 5.83 Å². The molecule has 0 bridgehead atoms. The first-order chi connectivity index (χ1) is 13.9. The summed E-state index contributed by atoms with van der Waals surface area (Å²) in [5.41, 5.74) is 2.51. The van der Waals surface area contributed by atoms with E-state index in [0.717, 1.165) is 5.92 Å². The number of allylic oxidation sites excluding steroid dienone is 1. The van der Waals surface area contributed by atoms with Crippen LogP contribution in [0, 0.1) is 5.92 Å². The molecular formula is C25H28F2O2. The third kappa shape index (κ3) is 4.92. The van der Waals surface area contributed by atoms with Gasteiger partial charge in [-0.15, -0.1) is 0 Å². The fourth-order valence-electron chi connectivity index (χ4n) is 4.12. The molecular weight excluding hydrogens is 370 g/mol. The van der Waals surface area contributed by atoms with E-state index in [1.807, 2.05) is 24.3 Å². The SMILES string of the molecule is CCCC(F)=C(F)c1ccc(C(=O)O)c(-c2ccc(C3CCC(C)CC3)cc2)c1. The van der Waals surface area contributed by atoms with Crippen molar-refractivity contribution in [1.29, 1.82) is 0 Å². The van der Waals surface area contributed by atoms with Gasteiger partial charge in [0.15, 0.2) is 5.83 Å². The van der Waals surface area contributed by atoms with E-state index >= 15 is 0 Å². The zero-order valence-electron chi connectivity index (χ0n) is 17.1. The molecule has 1 fully saturated rings. The Kier molecular flexibility index (Phi) is 6.83. The van der Waals surface area contributed by atoms with Crippen LogP contribution in [0.25, 0.3) is 17.0 Å². The molecule has 0 aromatic heterocycles. The lowest BCUT2D eigenvalue weighted by Gasteiger charge is -2.26. The van der Waals surface area contributed by atoms with Gasteiger partial charge >= 0.3 is 5.97 Å². The fourth-order valence-corrected chi connectivity index (χ4v) is 4.12. The normalized spacial score (nSPS) is 20.3. The molecule has 2 aromatic rings. The Labute approximate surface area is 171 Å². The molecule has 0 unspecified atom stereocenters. The summed E-state index contributed by atoms with van der Waals surface area (Å²) in [6.45, 7) is 4.07. The Morgan fingerprint density at radius 3 is 2.28 bits per heavy atom. The van der Waals surface area contributed by atoms with Gasteiger partial charge in [0, 0.05) is 12.0 Å². The van der Waals surface area contributed by atoms with Gasteiger partial charge in [-0.3, -0.25) is 0 Å². The predicted octanol–water partition coefficient (Wildman–Crippen LogP) is 7.75. The van der Waals surface area contributed by atoms with E-state index in [1.165, 1.54) is 49.4 Å². The van der Waals surface area contributed by atoms with E-state index in [9.17, 15) is 18.7 Å². The van der Waals surface area contributed by atoms with Gasteiger partial charge in [0.25, 0.3) is 0 Å². The first-order valence-electron chi connectivity index (χ1n) is 10.4. The summed E-state index contributed by atoms with van der Waals surface area (Å²) in [7, 11) is 0. The molecule has 1 aliphatic rings. The summed E-state index contributed by atoms with van der Waals surface area (Å²) < 4.78 is 28.4. The number of aromatic carboxylic acids is 1. The van der Waals surface area contributed by atoms with Crippen LogP contribution in [0.15, 0.2) is 48.3 Å². The van der Waals surface area contributed by atoms with Crippen molar-refractivity contribution in [2.24, 2.45) is 5.92 Å². The lowest BCUT2D eigenvalue weighted by Crippen LogP contribution is -2.10. The largest absolute Gasteiger partial charge is 0.478 e. The van der Waals surface area contributed by atoms with Gasteiger partial charge < -0.3 is 5.11 Å². The second kappa shape index (κ2) is 9.34. The van der Waals surface area contributed by atoms with Crippen molar-refractivity contribution in [1.82, 2.24) is 0 Å². The number of hydrogen-bond donors (Lipinski definition) is 1. The van der Waals surface area contributed by atoms with E-state index in [2.05, 4.69) is 6.92 Å². The molecule has 1 aliphatic carbocycles. The van der Waals surface area contributed by atoms with Gasteiger partial charge in [-0.25, -0.2) is 13.6 Å². The van der Waals surface area contributed by atoms with Gasteiger partial charge in [0.2, 0.25) is 0 Å². The number of carboxylic acids is 1. The van der Waals surface area contributed by atoms with E-state index in [-0.39, 0.29) is 17.5 Å². The summed E-state index contributed by atoms with van der Waals surface area (Å²) in [6.07, 6.45) is 5.32. The lowest BCUT2D eigenvalue weighted by molar-refractivity contribution is 0.0697. The second-order valence-corrected chi connectivity index (χ2v) is 8.11. The smallest absolute Gasteiger partial charge is 0.336 e. The molecule has 154 valence electrons. The monoisotopic (exact) mass is 398 g/mol. The zero-order valence-corrected chi connectivity index (χ0v) is 17.1. The van der Waals surface area contributed by atoms with Crippen molar-refractivity contribution in [2.45, 2.75) is 58.3 Å². The quantitative estimate of drug-likeness (QED) is 0.540. The molecule has 2 nitrogen and oxygen atoms in total. The van der Waals surface area contributed by atoms with Crippen molar-refractivity contribution < 1.29 is 18.7 Å². The van der Waals surface area contributed by atoms with Crippen molar-refractivity contribution in [3.8, 4) is 11.1 Å². The highest BCUT2D eigenvalue weighted by Crippen LogP contribution is 2.37. The van der Waals surface area contributed by atoms with Crippen LogP contribution in [0.4, 0.5) is 8.78 Å². The second-order valence-electron chi connectivity index (χ2n) is 8.11. The van der Waals surface area contributed by atoms with Crippen LogP contribution in [0.1, 0.15) is 79.8 Å². The maximum atomic E-state index is 14.4. The number of rotatable bonds is 6. The maximum absolute atomic E-state index is 14.4. The highest BCUT2D eigenvalue weighted by atomic mass is 19.2. The molecule has 2 aromatic carbocycles. The minimum Gasteiger partial charge on any atom is -0.478 e. The van der Waals surface area contributed by atoms with E-state index in [4.69, 9.17) is 0 Å². The highest BCUT2D eigenvalue weighted by molar-refractivity contribution is 5.96. The maximum Gasteiger partial charge on any atom is 0.336 e. The molecule has 0 heterocycles. The van der Waals surface area contributed by atoms with Crippen LogP contribution in [0.5, 0.6) is 0 Å². The fraction of sp³-hybridized carbons (Fsp3) is 0.400. The molecule has 0 saturated heterocycles. The Hall–Kier alpha value is -2.49. The minimum atomic E-state index is -1.09. The van der Waals surface area contributed by atoms with Gasteiger partial charge in [-0.2, -0.15) is 0 Å². The van der Waals surface area contributed by atoms with Gasteiger partial charge in [-0.1, -0.05) is 57.0 Å². The molecule has 29 heavy (non-hydrogen) atoms. The summed E-state index contributed by atoms with van der Waals surface area (Å²) in [4.78, 5) is 11.7. The summed E-state index contributed by atoms with van der Waals surface area (Å²) in [5.74, 6) is -1.49. The Morgan fingerprint density at radius 2 is 1.69 bits per heavy atom. The zero-order chi connectivity index (χ0) is 21.0. The summed E-state index contributed by atoms with van der Waals surface area (Å²) >= 11 is 0. The van der Waals surface area contributed by atoms with Crippen molar-refractivity contribution in [2.75, 3.05) is 0 Å². The predicted molar refractivity (Wildman–Crippen MR) is 113 cm³/mol. The van der Waals surface area contributed by atoms with Gasteiger partial charge in [-0.05, 0) is 59.9 Å². The molecule has 0 amide bonds. The molecule has 1 N–H and O–H groups in total. The summed E-state index contributed by atoms with van der Waals surface area (Å²) in [6, 6.07) is 12.0. The average Bonchev–Trinajstić information content (AvgIpc) is 2.73. The molecule has 0 radical (unpaired) electrons.